The maximum Gasteiger partial charge on any atom is 0.270 e. The molecule has 1 aromatic carbocycles. The Morgan fingerprint density at radius 2 is 2.28 bits per heavy atom. The van der Waals surface area contributed by atoms with E-state index in [0.29, 0.717) is 30.6 Å². The SMILES string of the molecule is COc1cccc2[nH]c(C(=O)N3CCCC(c4nnc(-c5ccsc5)o4)C3)cc12. The Bertz CT molecular complexity index is 1150. The second-order valence-electron chi connectivity index (χ2n) is 7.15. The van der Waals surface area contributed by atoms with Crippen molar-refractivity contribution in [2.75, 3.05) is 20.2 Å². The Morgan fingerprint density at radius 1 is 1.34 bits per heavy atom. The number of methoxy groups -OCH3 is 1. The van der Waals surface area contributed by atoms with Gasteiger partial charge in [-0.3, -0.25) is 4.79 Å². The number of piperidine rings is 1. The van der Waals surface area contributed by atoms with E-state index in [1.165, 1.54) is 0 Å². The number of carbonyl (C=O) groups is 1. The van der Waals surface area contributed by atoms with Crippen LogP contribution in [0.4, 0.5) is 0 Å². The molecule has 0 spiro atoms. The van der Waals surface area contributed by atoms with E-state index in [9.17, 15) is 4.79 Å². The Balaban J connectivity index is 1.36. The Labute approximate surface area is 171 Å². The Hall–Kier alpha value is -3.13. The number of likely N-dealkylation sites (tertiary alicyclic amines) is 1. The average Bonchev–Trinajstić information content (AvgIpc) is 3.52. The molecule has 1 amide bonds. The van der Waals surface area contributed by atoms with Crippen LogP contribution in [0.15, 0.2) is 45.5 Å². The lowest BCUT2D eigenvalue weighted by molar-refractivity contribution is 0.0693. The lowest BCUT2D eigenvalue weighted by Crippen LogP contribution is -2.39. The number of nitrogens with one attached hydrogen (secondary N) is 1. The van der Waals surface area contributed by atoms with Crippen molar-refractivity contribution in [3.63, 3.8) is 0 Å². The summed E-state index contributed by atoms with van der Waals surface area (Å²) in [6, 6.07) is 9.56. The van der Waals surface area contributed by atoms with Gasteiger partial charge >= 0.3 is 0 Å². The van der Waals surface area contributed by atoms with E-state index in [1.54, 1.807) is 18.4 Å². The molecule has 4 heterocycles. The third kappa shape index (κ3) is 3.29. The number of thiophene rings is 1. The fourth-order valence-corrected chi connectivity index (χ4v) is 4.49. The topological polar surface area (TPSA) is 84.3 Å². The third-order valence-electron chi connectivity index (χ3n) is 5.34. The van der Waals surface area contributed by atoms with Crippen LogP contribution in [0.2, 0.25) is 0 Å². The van der Waals surface area contributed by atoms with Crippen LogP contribution in [0.5, 0.6) is 5.75 Å². The van der Waals surface area contributed by atoms with E-state index in [-0.39, 0.29) is 11.8 Å². The van der Waals surface area contributed by atoms with Gasteiger partial charge in [-0.15, -0.1) is 10.2 Å². The average molecular weight is 408 g/mol. The van der Waals surface area contributed by atoms with Crippen LogP contribution in [0.3, 0.4) is 0 Å². The number of amides is 1. The number of H-pyrrole nitrogens is 1. The van der Waals surface area contributed by atoms with Crippen LogP contribution in [0, 0.1) is 0 Å². The molecule has 0 radical (unpaired) electrons. The minimum Gasteiger partial charge on any atom is -0.496 e. The third-order valence-corrected chi connectivity index (χ3v) is 6.02. The predicted octanol–water partition coefficient (Wildman–Crippen LogP) is 4.31. The first kappa shape index (κ1) is 17.9. The smallest absolute Gasteiger partial charge is 0.270 e. The van der Waals surface area contributed by atoms with Gasteiger partial charge in [-0.2, -0.15) is 11.3 Å². The van der Waals surface area contributed by atoms with Gasteiger partial charge in [0, 0.05) is 34.9 Å². The summed E-state index contributed by atoms with van der Waals surface area (Å²) < 4.78 is 11.3. The maximum absolute atomic E-state index is 13.1. The van der Waals surface area contributed by atoms with E-state index >= 15 is 0 Å². The van der Waals surface area contributed by atoms with Gasteiger partial charge in [0.2, 0.25) is 11.8 Å². The van der Waals surface area contributed by atoms with Gasteiger partial charge in [-0.1, -0.05) is 6.07 Å². The molecule has 29 heavy (non-hydrogen) atoms. The van der Waals surface area contributed by atoms with Gasteiger partial charge in [-0.05, 0) is 42.5 Å². The molecule has 1 unspecified atom stereocenters. The lowest BCUT2D eigenvalue weighted by atomic mass is 9.98. The van der Waals surface area contributed by atoms with Crippen molar-refractivity contribution in [2.45, 2.75) is 18.8 Å². The van der Waals surface area contributed by atoms with Gasteiger partial charge < -0.3 is 19.0 Å². The maximum atomic E-state index is 13.1. The van der Waals surface area contributed by atoms with Crippen LogP contribution in [-0.4, -0.2) is 46.2 Å². The zero-order chi connectivity index (χ0) is 19.8. The van der Waals surface area contributed by atoms with Gasteiger partial charge in [0.05, 0.1) is 13.0 Å². The van der Waals surface area contributed by atoms with Gasteiger partial charge in [0.15, 0.2) is 0 Å². The molecule has 0 aliphatic carbocycles. The number of ether oxygens (including phenoxy) is 1. The molecular weight excluding hydrogens is 388 g/mol. The fourth-order valence-electron chi connectivity index (χ4n) is 3.86. The number of hydrogen-bond donors (Lipinski definition) is 1. The molecule has 148 valence electrons. The van der Waals surface area contributed by atoms with Crippen molar-refractivity contribution >= 4 is 28.1 Å². The molecule has 1 saturated heterocycles. The molecular formula is C21H20N4O3S. The molecule has 1 aliphatic heterocycles. The number of carbonyl (C=O) groups excluding carboxylic acids is 1. The molecule has 0 bridgehead atoms. The first-order valence-corrected chi connectivity index (χ1v) is 10.5. The van der Waals surface area contributed by atoms with Crippen molar-refractivity contribution in [1.82, 2.24) is 20.1 Å². The summed E-state index contributed by atoms with van der Waals surface area (Å²) in [6.45, 7) is 1.28. The molecule has 1 aliphatic rings. The van der Waals surface area contributed by atoms with Crippen LogP contribution in [0.25, 0.3) is 22.4 Å². The normalized spacial score (nSPS) is 17.0. The highest BCUT2D eigenvalue weighted by Gasteiger charge is 2.30. The summed E-state index contributed by atoms with van der Waals surface area (Å²) in [5.74, 6) is 1.91. The van der Waals surface area contributed by atoms with E-state index in [1.807, 2.05) is 46.0 Å². The minimum absolute atomic E-state index is 0.0227. The summed E-state index contributed by atoms with van der Waals surface area (Å²) in [6.07, 6.45) is 1.83. The molecule has 5 rings (SSSR count). The first-order valence-electron chi connectivity index (χ1n) is 9.54. The Kier molecular flexibility index (Phi) is 4.55. The van der Waals surface area contributed by atoms with E-state index < -0.39 is 0 Å². The molecule has 7 nitrogen and oxygen atoms in total. The van der Waals surface area contributed by atoms with Crippen molar-refractivity contribution < 1.29 is 13.9 Å². The monoisotopic (exact) mass is 408 g/mol. The number of fused-ring (bicyclic) bond motifs is 1. The molecule has 4 aromatic rings. The standard InChI is InChI=1S/C21H20N4O3S/c1-27-18-6-2-5-16-15(18)10-17(22-16)21(26)25-8-3-4-13(11-25)19-23-24-20(28-19)14-7-9-29-12-14/h2,5-7,9-10,12-13,22H,3-4,8,11H2,1H3. The summed E-state index contributed by atoms with van der Waals surface area (Å²) in [5, 5.41) is 13.3. The van der Waals surface area contributed by atoms with Crippen LogP contribution < -0.4 is 4.74 Å². The minimum atomic E-state index is -0.0227. The highest BCUT2D eigenvalue weighted by atomic mass is 32.1. The Morgan fingerprint density at radius 3 is 3.10 bits per heavy atom. The number of nitrogens with zero attached hydrogens (tertiary/aromatic N) is 3. The lowest BCUT2D eigenvalue weighted by Gasteiger charge is -2.30. The van der Waals surface area contributed by atoms with Crippen molar-refractivity contribution in [1.29, 1.82) is 0 Å². The quantitative estimate of drug-likeness (QED) is 0.544. The highest BCUT2D eigenvalue weighted by Crippen LogP contribution is 2.31. The molecule has 3 aromatic heterocycles. The zero-order valence-corrected chi connectivity index (χ0v) is 16.7. The van der Waals surface area contributed by atoms with Crippen LogP contribution in [0.1, 0.15) is 35.1 Å². The number of aromatic amines is 1. The second kappa shape index (κ2) is 7.36. The van der Waals surface area contributed by atoms with Crippen molar-refractivity contribution in [2.24, 2.45) is 0 Å². The second-order valence-corrected chi connectivity index (χ2v) is 7.93. The molecule has 0 saturated carbocycles. The van der Waals surface area contributed by atoms with Crippen molar-refractivity contribution in [3.05, 3.63) is 52.7 Å². The number of aromatic nitrogens is 3. The summed E-state index contributed by atoms with van der Waals surface area (Å²) in [7, 11) is 1.63. The fraction of sp³-hybridized carbons (Fsp3) is 0.286. The summed E-state index contributed by atoms with van der Waals surface area (Å²) in [5.41, 5.74) is 2.39. The van der Waals surface area contributed by atoms with Crippen LogP contribution >= 0.6 is 11.3 Å². The summed E-state index contributed by atoms with van der Waals surface area (Å²) in [4.78, 5) is 18.2. The van der Waals surface area contributed by atoms with Gasteiger partial charge in [0.25, 0.3) is 5.91 Å². The molecule has 8 heteroatoms. The molecule has 1 atom stereocenters. The van der Waals surface area contributed by atoms with E-state index in [4.69, 9.17) is 9.15 Å². The van der Waals surface area contributed by atoms with Gasteiger partial charge in [-0.25, -0.2) is 0 Å². The summed E-state index contributed by atoms with van der Waals surface area (Å²) >= 11 is 1.59. The van der Waals surface area contributed by atoms with Gasteiger partial charge in [0.1, 0.15) is 11.4 Å². The predicted molar refractivity (Wildman–Crippen MR) is 110 cm³/mol. The largest absolute Gasteiger partial charge is 0.496 e. The van der Waals surface area contributed by atoms with Crippen molar-refractivity contribution in [3.8, 4) is 17.2 Å². The van der Waals surface area contributed by atoms with E-state index in [2.05, 4.69) is 15.2 Å². The van der Waals surface area contributed by atoms with E-state index in [0.717, 1.165) is 35.1 Å². The number of hydrogen-bond acceptors (Lipinski definition) is 6. The first-order chi connectivity index (χ1) is 14.2. The number of benzene rings is 1. The van der Waals surface area contributed by atoms with Crippen LogP contribution in [-0.2, 0) is 0 Å². The zero-order valence-electron chi connectivity index (χ0n) is 15.9. The molecule has 1 fully saturated rings. The molecule has 1 N–H and O–H groups in total. The highest BCUT2D eigenvalue weighted by molar-refractivity contribution is 7.08. The number of rotatable bonds is 4.